The number of amides is 2. The third kappa shape index (κ3) is 4.58. The number of rotatable bonds is 6. The van der Waals surface area contributed by atoms with Crippen LogP contribution >= 0.6 is 0 Å². The van der Waals surface area contributed by atoms with E-state index in [2.05, 4.69) is 10.6 Å². The molecule has 0 saturated heterocycles. The highest BCUT2D eigenvalue weighted by Gasteiger charge is 2.20. The summed E-state index contributed by atoms with van der Waals surface area (Å²) in [5.74, 6) is -0.974. The van der Waals surface area contributed by atoms with Gasteiger partial charge in [-0.25, -0.2) is 13.6 Å². The Morgan fingerprint density at radius 3 is 2.56 bits per heavy atom. The number of furan rings is 1. The fraction of sp³-hybridized carbons (Fsp3) is 0.200. The van der Waals surface area contributed by atoms with Crippen molar-refractivity contribution in [3.8, 4) is 5.75 Å². The van der Waals surface area contributed by atoms with Gasteiger partial charge in [0.2, 0.25) is 15.9 Å². The molecule has 2 amide bonds. The smallest absolute Gasteiger partial charge is 0.287 e. The summed E-state index contributed by atoms with van der Waals surface area (Å²) in [4.78, 5) is 23.7. The fourth-order valence-corrected chi connectivity index (χ4v) is 2.69. The molecule has 10 heteroatoms. The normalized spacial score (nSPS) is 12.3. The summed E-state index contributed by atoms with van der Waals surface area (Å²) in [7, 11) is -2.73. The lowest BCUT2D eigenvalue weighted by Crippen LogP contribution is -2.41. The lowest BCUT2D eigenvalue weighted by atomic mass is 10.2. The quantitative estimate of drug-likeness (QED) is 0.686. The number of methoxy groups -OCH3 is 1. The highest BCUT2D eigenvalue weighted by molar-refractivity contribution is 7.89. The summed E-state index contributed by atoms with van der Waals surface area (Å²) in [5.41, 5.74) is 0.189. The van der Waals surface area contributed by atoms with Crippen molar-refractivity contribution in [2.75, 3.05) is 12.4 Å². The van der Waals surface area contributed by atoms with Crippen LogP contribution in [-0.4, -0.2) is 33.4 Å². The van der Waals surface area contributed by atoms with E-state index >= 15 is 0 Å². The van der Waals surface area contributed by atoms with E-state index in [1.54, 1.807) is 6.07 Å². The molecule has 0 aliphatic carbocycles. The maximum Gasteiger partial charge on any atom is 0.287 e. The van der Waals surface area contributed by atoms with Gasteiger partial charge in [0.15, 0.2) is 5.76 Å². The van der Waals surface area contributed by atoms with Crippen LogP contribution in [0.4, 0.5) is 5.69 Å². The molecule has 2 rings (SSSR count). The van der Waals surface area contributed by atoms with Crippen molar-refractivity contribution >= 4 is 27.5 Å². The van der Waals surface area contributed by atoms with Gasteiger partial charge in [-0.3, -0.25) is 9.59 Å². The predicted molar refractivity (Wildman–Crippen MR) is 88.6 cm³/mol. The zero-order valence-electron chi connectivity index (χ0n) is 13.5. The zero-order chi connectivity index (χ0) is 18.6. The number of ether oxygens (including phenoxy) is 1. The van der Waals surface area contributed by atoms with Crippen molar-refractivity contribution in [3.63, 3.8) is 0 Å². The number of hydrogen-bond acceptors (Lipinski definition) is 6. The Balaban J connectivity index is 2.11. The molecule has 9 nitrogen and oxygen atoms in total. The molecule has 1 unspecified atom stereocenters. The number of nitrogens with one attached hydrogen (secondary N) is 2. The van der Waals surface area contributed by atoms with E-state index < -0.39 is 27.9 Å². The molecule has 1 heterocycles. The summed E-state index contributed by atoms with van der Waals surface area (Å²) in [6.07, 6.45) is 1.34. The van der Waals surface area contributed by atoms with Gasteiger partial charge < -0.3 is 19.8 Å². The van der Waals surface area contributed by atoms with E-state index in [1.165, 1.54) is 44.6 Å². The largest absolute Gasteiger partial charge is 0.495 e. The van der Waals surface area contributed by atoms with Crippen LogP contribution in [0, 0.1) is 0 Å². The van der Waals surface area contributed by atoms with Crippen LogP contribution in [0.2, 0.25) is 0 Å². The second-order valence-corrected chi connectivity index (χ2v) is 6.60. The first-order chi connectivity index (χ1) is 11.7. The van der Waals surface area contributed by atoms with Crippen molar-refractivity contribution in [2.24, 2.45) is 5.14 Å². The zero-order valence-corrected chi connectivity index (χ0v) is 14.3. The lowest BCUT2D eigenvalue weighted by Gasteiger charge is -2.14. The number of anilines is 1. The number of sulfonamides is 1. The minimum atomic E-state index is -4.03. The molecule has 1 aromatic heterocycles. The average molecular weight is 367 g/mol. The van der Waals surface area contributed by atoms with Crippen LogP contribution in [0.1, 0.15) is 17.5 Å². The van der Waals surface area contributed by atoms with Crippen molar-refractivity contribution in [3.05, 3.63) is 42.4 Å². The number of primary sulfonamides is 1. The molecule has 0 aliphatic rings. The third-order valence-electron chi connectivity index (χ3n) is 3.22. The summed E-state index contributed by atoms with van der Waals surface area (Å²) in [6.45, 7) is 1.47. The molecule has 1 atom stereocenters. The van der Waals surface area contributed by atoms with E-state index in [9.17, 15) is 18.0 Å². The van der Waals surface area contributed by atoms with Gasteiger partial charge in [0.05, 0.1) is 13.4 Å². The van der Waals surface area contributed by atoms with Gasteiger partial charge in [0.1, 0.15) is 16.7 Å². The minimum Gasteiger partial charge on any atom is -0.495 e. The summed E-state index contributed by atoms with van der Waals surface area (Å²) in [5, 5.41) is 10.1. The SMILES string of the molecule is COc1ccc(NC(=O)C(C)NC(=O)c2ccco2)cc1S(N)(=O)=O. The van der Waals surface area contributed by atoms with Gasteiger partial charge in [-0.15, -0.1) is 0 Å². The Kier molecular flexibility index (Phi) is 5.45. The van der Waals surface area contributed by atoms with E-state index in [0.29, 0.717) is 0 Å². The van der Waals surface area contributed by atoms with Crippen molar-refractivity contribution in [2.45, 2.75) is 17.9 Å². The molecule has 1 aromatic carbocycles. The summed E-state index contributed by atoms with van der Waals surface area (Å²) in [6, 6.07) is 6.10. The molecular weight excluding hydrogens is 350 g/mol. The number of benzene rings is 1. The van der Waals surface area contributed by atoms with E-state index in [4.69, 9.17) is 14.3 Å². The molecule has 0 bridgehead atoms. The Labute approximate surface area is 144 Å². The molecule has 0 saturated carbocycles. The third-order valence-corrected chi connectivity index (χ3v) is 4.16. The van der Waals surface area contributed by atoms with Gasteiger partial charge in [0.25, 0.3) is 5.91 Å². The van der Waals surface area contributed by atoms with E-state index in [0.717, 1.165) is 0 Å². The molecule has 0 spiro atoms. The van der Waals surface area contributed by atoms with Gasteiger partial charge in [-0.2, -0.15) is 0 Å². The molecule has 25 heavy (non-hydrogen) atoms. The maximum absolute atomic E-state index is 12.2. The fourth-order valence-electron chi connectivity index (χ4n) is 1.97. The average Bonchev–Trinajstić information content (AvgIpc) is 3.08. The number of carbonyl (C=O) groups excluding carboxylic acids is 2. The molecule has 0 aliphatic heterocycles. The van der Waals surface area contributed by atoms with Crippen LogP contribution in [0.5, 0.6) is 5.75 Å². The second-order valence-electron chi connectivity index (χ2n) is 5.07. The van der Waals surface area contributed by atoms with Crippen molar-refractivity contribution in [1.82, 2.24) is 5.32 Å². The first-order valence-corrected chi connectivity index (χ1v) is 8.63. The second kappa shape index (κ2) is 7.36. The molecule has 0 fully saturated rings. The summed E-state index contributed by atoms with van der Waals surface area (Å²) >= 11 is 0. The number of carbonyl (C=O) groups is 2. The lowest BCUT2D eigenvalue weighted by molar-refractivity contribution is -0.117. The highest BCUT2D eigenvalue weighted by atomic mass is 32.2. The van der Waals surface area contributed by atoms with E-state index in [1.807, 2.05) is 0 Å². The van der Waals surface area contributed by atoms with Gasteiger partial charge >= 0.3 is 0 Å². The van der Waals surface area contributed by atoms with Crippen LogP contribution in [0.25, 0.3) is 0 Å². The number of nitrogens with two attached hydrogens (primary N) is 1. The predicted octanol–water partition coefficient (Wildman–Crippen LogP) is 0.693. The minimum absolute atomic E-state index is 0.0552. The summed E-state index contributed by atoms with van der Waals surface area (Å²) < 4.78 is 33.0. The Hall–Kier alpha value is -2.85. The Bertz CT molecular complexity index is 877. The van der Waals surface area contributed by atoms with Crippen molar-refractivity contribution in [1.29, 1.82) is 0 Å². The van der Waals surface area contributed by atoms with Gasteiger partial charge in [0, 0.05) is 5.69 Å². The maximum atomic E-state index is 12.2. The highest BCUT2D eigenvalue weighted by Crippen LogP contribution is 2.26. The van der Waals surface area contributed by atoms with Gasteiger partial charge in [-0.1, -0.05) is 0 Å². The van der Waals surface area contributed by atoms with E-state index in [-0.39, 0.29) is 22.1 Å². The Morgan fingerprint density at radius 2 is 2.00 bits per heavy atom. The van der Waals surface area contributed by atoms with Crippen LogP contribution in [-0.2, 0) is 14.8 Å². The topological polar surface area (TPSA) is 141 Å². The number of hydrogen-bond donors (Lipinski definition) is 3. The molecule has 2 aromatic rings. The first-order valence-electron chi connectivity index (χ1n) is 7.08. The molecule has 134 valence electrons. The Morgan fingerprint density at radius 1 is 1.28 bits per heavy atom. The van der Waals surface area contributed by atoms with Crippen LogP contribution in [0.3, 0.4) is 0 Å². The monoisotopic (exact) mass is 367 g/mol. The standard InChI is InChI=1S/C15H17N3O6S/c1-9(17-15(20)12-4-3-7-24-12)14(19)18-10-5-6-11(23-2)13(8-10)25(16,21)22/h3-9H,1-2H3,(H,17,20)(H,18,19)(H2,16,21,22). The molecule has 0 radical (unpaired) electrons. The molecule has 4 N–H and O–H groups in total. The molecular formula is C15H17N3O6S. The first kappa shape index (κ1) is 18.5. The van der Waals surface area contributed by atoms with Crippen molar-refractivity contribution < 1.29 is 27.2 Å². The van der Waals surface area contributed by atoms with Crippen LogP contribution < -0.4 is 20.5 Å². The van der Waals surface area contributed by atoms with Crippen LogP contribution in [0.15, 0.2) is 45.9 Å². The van der Waals surface area contributed by atoms with Gasteiger partial charge in [-0.05, 0) is 37.3 Å².